The Morgan fingerprint density at radius 3 is 2.87 bits per heavy atom. The maximum Gasteiger partial charge on any atom is 0.292 e. The van der Waals surface area contributed by atoms with E-state index in [2.05, 4.69) is 20.9 Å². The average Bonchev–Trinajstić information content (AvgIpc) is 2.65. The summed E-state index contributed by atoms with van der Waals surface area (Å²) in [6.07, 6.45) is 1.58. The Labute approximate surface area is 95.2 Å². The summed E-state index contributed by atoms with van der Waals surface area (Å²) in [5, 5.41) is 0. The van der Waals surface area contributed by atoms with E-state index in [0.29, 0.717) is 5.76 Å². The Kier molecular flexibility index (Phi) is 2.64. The lowest BCUT2D eigenvalue weighted by molar-refractivity contribution is 0.414. The maximum absolute atomic E-state index is 5.41. The SMILES string of the molecule is COc1ccc(Br)c(-c2cnc(N)o2)c1. The number of methoxy groups -OCH3 is 1. The van der Waals surface area contributed by atoms with E-state index in [1.165, 1.54) is 0 Å². The minimum absolute atomic E-state index is 0.153. The lowest BCUT2D eigenvalue weighted by Crippen LogP contribution is -1.84. The number of nitrogens with zero attached hydrogens (tertiary/aromatic N) is 1. The summed E-state index contributed by atoms with van der Waals surface area (Å²) < 4.78 is 11.3. The summed E-state index contributed by atoms with van der Waals surface area (Å²) >= 11 is 3.42. The van der Waals surface area contributed by atoms with Crippen molar-refractivity contribution in [3.05, 3.63) is 28.9 Å². The summed E-state index contributed by atoms with van der Waals surface area (Å²) in [5.74, 6) is 1.36. The summed E-state index contributed by atoms with van der Waals surface area (Å²) in [7, 11) is 1.61. The summed E-state index contributed by atoms with van der Waals surface area (Å²) in [6.45, 7) is 0. The minimum Gasteiger partial charge on any atom is -0.497 e. The van der Waals surface area contributed by atoms with Gasteiger partial charge < -0.3 is 14.9 Å². The van der Waals surface area contributed by atoms with E-state index >= 15 is 0 Å². The third kappa shape index (κ3) is 1.97. The number of aromatic nitrogens is 1. The first-order valence-electron chi connectivity index (χ1n) is 4.26. The normalized spacial score (nSPS) is 10.3. The van der Waals surface area contributed by atoms with Crippen molar-refractivity contribution in [2.24, 2.45) is 0 Å². The molecule has 0 bridgehead atoms. The largest absolute Gasteiger partial charge is 0.497 e. The Hall–Kier alpha value is -1.49. The number of hydrogen-bond donors (Lipinski definition) is 1. The first-order valence-corrected chi connectivity index (χ1v) is 5.05. The molecule has 0 radical (unpaired) electrons. The van der Waals surface area contributed by atoms with Crippen molar-refractivity contribution in [2.75, 3.05) is 12.8 Å². The zero-order valence-electron chi connectivity index (χ0n) is 8.03. The van der Waals surface area contributed by atoms with Crippen LogP contribution >= 0.6 is 15.9 Å². The van der Waals surface area contributed by atoms with E-state index in [9.17, 15) is 0 Å². The van der Waals surface area contributed by atoms with Gasteiger partial charge in [0.15, 0.2) is 5.76 Å². The van der Waals surface area contributed by atoms with Crippen LogP contribution in [0.3, 0.4) is 0 Å². The minimum atomic E-state index is 0.153. The number of oxazole rings is 1. The van der Waals surface area contributed by atoms with Crippen LogP contribution in [0.5, 0.6) is 5.75 Å². The van der Waals surface area contributed by atoms with Gasteiger partial charge in [0, 0.05) is 10.0 Å². The number of benzene rings is 1. The number of rotatable bonds is 2. The molecule has 0 fully saturated rings. The number of nitrogens with two attached hydrogens (primary N) is 1. The highest BCUT2D eigenvalue weighted by Gasteiger charge is 2.09. The van der Waals surface area contributed by atoms with E-state index in [4.69, 9.17) is 14.9 Å². The van der Waals surface area contributed by atoms with Gasteiger partial charge in [0.1, 0.15) is 5.75 Å². The van der Waals surface area contributed by atoms with Gasteiger partial charge in [-0.2, -0.15) is 0 Å². The predicted molar refractivity (Wildman–Crippen MR) is 60.6 cm³/mol. The molecule has 0 aliphatic rings. The van der Waals surface area contributed by atoms with E-state index in [0.717, 1.165) is 15.8 Å². The van der Waals surface area contributed by atoms with E-state index in [-0.39, 0.29) is 6.01 Å². The number of halogens is 1. The van der Waals surface area contributed by atoms with Crippen molar-refractivity contribution in [3.63, 3.8) is 0 Å². The fourth-order valence-corrected chi connectivity index (χ4v) is 1.67. The Morgan fingerprint density at radius 2 is 2.27 bits per heavy atom. The molecular weight excluding hydrogens is 260 g/mol. The van der Waals surface area contributed by atoms with Gasteiger partial charge in [-0.1, -0.05) is 15.9 Å². The highest BCUT2D eigenvalue weighted by Crippen LogP contribution is 2.32. The Balaban J connectivity index is 2.51. The first-order chi connectivity index (χ1) is 7.20. The van der Waals surface area contributed by atoms with Gasteiger partial charge in [-0.05, 0) is 18.2 Å². The van der Waals surface area contributed by atoms with Gasteiger partial charge in [0.2, 0.25) is 0 Å². The molecule has 15 heavy (non-hydrogen) atoms. The van der Waals surface area contributed by atoms with Crippen molar-refractivity contribution in [3.8, 4) is 17.1 Å². The summed E-state index contributed by atoms with van der Waals surface area (Å²) in [4.78, 5) is 3.84. The van der Waals surface area contributed by atoms with Crippen molar-refractivity contribution in [1.29, 1.82) is 0 Å². The average molecular weight is 269 g/mol. The number of hydrogen-bond acceptors (Lipinski definition) is 4. The second-order valence-electron chi connectivity index (χ2n) is 2.91. The lowest BCUT2D eigenvalue weighted by atomic mass is 10.2. The molecule has 0 aliphatic heterocycles. The van der Waals surface area contributed by atoms with Gasteiger partial charge in [-0.15, -0.1) is 0 Å². The summed E-state index contributed by atoms with van der Waals surface area (Å²) in [6, 6.07) is 5.74. The van der Waals surface area contributed by atoms with Crippen molar-refractivity contribution in [2.45, 2.75) is 0 Å². The van der Waals surface area contributed by atoms with Crippen molar-refractivity contribution < 1.29 is 9.15 Å². The zero-order chi connectivity index (χ0) is 10.8. The molecule has 0 saturated heterocycles. The lowest BCUT2D eigenvalue weighted by Gasteiger charge is -2.03. The van der Waals surface area contributed by atoms with Crippen LogP contribution < -0.4 is 10.5 Å². The van der Waals surface area contributed by atoms with Gasteiger partial charge in [-0.25, -0.2) is 4.98 Å². The molecule has 1 heterocycles. The van der Waals surface area contributed by atoms with E-state index < -0.39 is 0 Å². The van der Waals surface area contributed by atoms with Gasteiger partial charge in [-0.3, -0.25) is 0 Å². The fraction of sp³-hybridized carbons (Fsp3) is 0.100. The topological polar surface area (TPSA) is 61.3 Å². The first kappa shape index (κ1) is 10.0. The number of nitrogen functional groups attached to an aromatic ring is 1. The van der Waals surface area contributed by atoms with E-state index in [1.54, 1.807) is 13.3 Å². The molecule has 0 amide bonds. The van der Waals surface area contributed by atoms with E-state index in [1.807, 2.05) is 18.2 Å². The van der Waals surface area contributed by atoms with Crippen LogP contribution in [0.25, 0.3) is 11.3 Å². The smallest absolute Gasteiger partial charge is 0.292 e. The van der Waals surface area contributed by atoms with Crippen molar-refractivity contribution in [1.82, 2.24) is 4.98 Å². The van der Waals surface area contributed by atoms with Crippen LogP contribution in [0.15, 0.2) is 33.3 Å². The quantitative estimate of drug-likeness (QED) is 0.910. The second kappa shape index (κ2) is 3.94. The van der Waals surface area contributed by atoms with Crippen LogP contribution in [0, 0.1) is 0 Å². The van der Waals surface area contributed by atoms with Crippen LogP contribution in [0.4, 0.5) is 6.01 Å². The molecule has 0 saturated carbocycles. The molecule has 1 aromatic heterocycles. The fourth-order valence-electron chi connectivity index (χ4n) is 1.23. The number of ether oxygens (including phenoxy) is 1. The molecule has 2 N–H and O–H groups in total. The third-order valence-electron chi connectivity index (χ3n) is 1.96. The highest BCUT2D eigenvalue weighted by atomic mass is 79.9. The Bertz CT molecular complexity index is 482. The third-order valence-corrected chi connectivity index (χ3v) is 2.65. The maximum atomic E-state index is 5.41. The standard InChI is InChI=1S/C10H9BrN2O2/c1-14-6-2-3-8(11)7(4-6)9-5-13-10(12)15-9/h2-5H,1H3,(H2,12,13). The predicted octanol–water partition coefficient (Wildman–Crippen LogP) is 2.69. The Morgan fingerprint density at radius 1 is 1.47 bits per heavy atom. The van der Waals surface area contributed by atoms with Crippen LogP contribution in [-0.4, -0.2) is 12.1 Å². The number of anilines is 1. The molecule has 2 rings (SSSR count). The molecule has 2 aromatic rings. The van der Waals surface area contributed by atoms with Crippen molar-refractivity contribution >= 4 is 21.9 Å². The molecular formula is C10H9BrN2O2. The van der Waals surface area contributed by atoms with Crippen LogP contribution in [-0.2, 0) is 0 Å². The molecule has 5 heteroatoms. The molecule has 0 spiro atoms. The monoisotopic (exact) mass is 268 g/mol. The zero-order valence-corrected chi connectivity index (χ0v) is 9.61. The van der Waals surface area contributed by atoms with Crippen LogP contribution in [0.2, 0.25) is 0 Å². The second-order valence-corrected chi connectivity index (χ2v) is 3.76. The van der Waals surface area contributed by atoms with Gasteiger partial charge in [0.05, 0.1) is 13.3 Å². The molecule has 0 unspecified atom stereocenters. The summed E-state index contributed by atoms with van der Waals surface area (Å²) in [5.41, 5.74) is 6.27. The molecule has 0 aliphatic carbocycles. The molecule has 0 atom stereocenters. The van der Waals surface area contributed by atoms with Crippen LogP contribution in [0.1, 0.15) is 0 Å². The van der Waals surface area contributed by atoms with Gasteiger partial charge >= 0.3 is 0 Å². The molecule has 4 nitrogen and oxygen atoms in total. The molecule has 1 aromatic carbocycles. The van der Waals surface area contributed by atoms with Gasteiger partial charge in [0.25, 0.3) is 6.01 Å². The molecule has 78 valence electrons. The highest BCUT2D eigenvalue weighted by molar-refractivity contribution is 9.10.